The maximum absolute atomic E-state index is 5.63. The van der Waals surface area contributed by atoms with E-state index in [-0.39, 0.29) is 0 Å². The number of hydrogen-bond donors (Lipinski definition) is 1. The molecule has 1 fully saturated rings. The molecule has 82 valence electrons. The van der Waals surface area contributed by atoms with Gasteiger partial charge in [-0.1, -0.05) is 0 Å². The van der Waals surface area contributed by atoms with Gasteiger partial charge in [-0.15, -0.1) is 0 Å². The molecular weight excluding hydrogens is 190 g/mol. The van der Waals surface area contributed by atoms with Gasteiger partial charge in [-0.25, -0.2) is 4.98 Å². The van der Waals surface area contributed by atoms with Crippen molar-refractivity contribution in [1.82, 2.24) is 9.97 Å². The zero-order valence-corrected chi connectivity index (χ0v) is 9.07. The van der Waals surface area contributed by atoms with Crippen LogP contribution in [-0.4, -0.2) is 29.2 Å². The Labute approximate surface area is 90.1 Å². The number of rotatable bonds is 3. The first-order chi connectivity index (χ1) is 7.36. The average Bonchev–Trinajstić information content (AvgIpc) is 2.29. The summed E-state index contributed by atoms with van der Waals surface area (Å²) in [6, 6.07) is 0. The summed E-state index contributed by atoms with van der Waals surface area (Å²) in [5.41, 5.74) is 0.938. The van der Waals surface area contributed by atoms with Gasteiger partial charge in [-0.2, -0.15) is 0 Å². The highest BCUT2D eigenvalue weighted by Crippen LogP contribution is 2.14. The maximum atomic E-state index is 5.63. The number of aromatic nitrogens is 2. The average molecular weight is 207 g/mol. The second-order valence-corrected chi connectivity index (χ2v) is 3.86. The van der Waals surface area contributed by atoms with Crippen molar-refractivity contribution < 1.29 is 4.74 Å². The lowest BCUT2D eigenvalue weighted by molar-refractivity contribution is 0.0247. The third kappa shape index (κ3) is 2.89. The molecule has 15 heavy (non-hydrogen) atoms. The van der Waals surface area contributed by atoms with Crippen LogP contribution in [-0.2, 0) is 4.74 Å². The number of ether oxygens (including phenoxy) is 1. The van der Waals surface area contributed by atoms with Crippen LogP contribution in [0.5, 0.6) is 0 Å². The van der Waals surface area contributed by atoms with E-state index in [1.54, 1.807) is 12.4 Å². The molecule has 0 radical (unpaired) electrons. The van der Waals surface area contributed by atoms with Crippen LogP contribution in [0.15, 0.2) is 12.4 Å². The van der Waals surface area contributed by atoms with Gasteiger partial charge in [-0.05, 0) is 26.2 Å². The van der Waals surface area contributed by atoms with Gasteiger partial charge in [0.2, 0.25) is 0 Å². The lowest BCUT2D eigenvalue weighted by Crippen LogP contribution is -2.27. The third-order valence-electron chi connectivity index (χ3n) is 2.65. The Morgan fingerprint density at radius 2 is 2.27 bits per heavy atom. The van der Waals surface area contributed by atoms with E-state index in [9.17, 15) is 0 Å². The summed E-state index contributed by atoms with van der Waals surface area (Å²) >= 11 is 0. The van der Waals surface area contributed by atoms with Crippen molar-refractivity contribution in [2.75, 3.05) is 18.5 Å². The normalized spacial score (nSPS) is 21.3. The molecule has 2 rings (SSSR count). The predicted molar refractivity (Wildman–Crippen MR) is 58.8 cm³/mol. The molecule has 1 aliphatic heterocycles. The quantitative estimate of drug-likeness (QED) is 0.820. The van der Waals surface area contributed by atoms with Crippen LogP contribution in [0.25, 0.3) is 0 Å². The minimum absolute atomic E-state index is 0.333. The van der Waals surface area contributed by atoms with E-state index < -0.39 is 0 Å². The smallest absolute Gasteiger partial charge is 0.147 e. The fraction of sp³-hybridized carbons (Fsp3) is 0.636. The van der Waals surface area contributed by atoms with Crippen molar-refractivity contribution in [2.45, 2.75) is 32.3 Å². The Morgan fingerprint density at radius 3 is 3.00 bits per heavy atom. The molecule has 1 atom stereocenters. The first-order valence-corrected chi connectivity index (χ1v) is 5.49. The van der Waals surface area contributed by atoms with Crippen LogP contribution in [0.1, 0.15) is 25.0 Å². The minimum atomic E-state index is 0.333. The summed E-state index contributed by atoms with van der Waals surface area (Å²) < 4.78 is 5.63. The van der Waals surface area contributed by atoms with Gasteiger partial charge in [0.15, 0.2) is 0 Å². The molecule has 0 spiro atoms. The van der Waals surface area contributed by atoms with E-state index in [1.807, 2.05) is 6.92 Å². The topological polar surface area (TPSA) is 47.0 Å². The molecular formula is C11H17N3O. The van der Waals surface area contributed by atoms with Crippen LogP contribution in [0.3, 0.4) is 0 Å². The zero-order chi connectivity index (χ0) is 10.5. The van der Waals surface area contributed by atoms with Crippen molar-refractivity contribution in [2.24, 2.45) is 0 Å². The van der Waals surface area contributed by atoms with Crippen LogP contribution in [0.2, 0.25) is 0 Å². The fourth-order valence-electron chi connectivity index (χ4n) is 1.76. The van der Waals surface area contributed by atoms with Crippen molar-refractivity contribution in [3.05, 3.63) is 18.1 Å². The lowest BCUT2D eigenvalue weighted by Gasteiger charge is -2.23. The van der Waals surface area contributed by atoms with Crippen LogP contribution >= 0.6 is 0 Å². The molecule has 0 saturated carbocycles. The molecule has 1 aromatic rings. The molecule has 2 heterocycles. The fourth-order valence-corrected chi connectivity index (χ4v) is 1.76. The largest absolute Gasteiger partial charge is 0.376 e. The van der Waals surface area contributed by atoms with E-state index >= 15 is 0 Å². The molecule has 0 aliphatic carbocycles. The number of anilines is 1. The maximum Gasteiger partial charge on any atom is 0.147 e. The molecule has 1 aliphatic rings. The Hall–Kier alpha value is -1.16. The van der Waals surface area contributed by atoms with Gasteiger partial charge in [0.05, 0.1) is 11.8 Å². The highest BCUT2D eigenvalue weighted by atomic mass is 16.5. The molecule has 1 unspecified atom stereocenters. The molecule has 4 heteroatoms. The predicted octanol–water partition coefficient (Wildman–Crippen LogP) is 1.77. The monoisotopic (exact) mass is 207 g/mol. The molecule has 4 nitrogen and oxygen atoms in total. The van der Waals surface area contributed by atoms with Gasteiger partial charge < -0.3 is 10.1 Å². The highest BCUT2D eigenvalue weighted by Gasteiger charge is 2.13. The first-order valence-electron chi connectivity index (χ1n) is 5.49. The summed E-state index contributed by atoms with van der Waals surface area (Å²) in [6.45, 7) is 3.68. The molecule has 1 saturated heterocycles. The number of nitrogens with zero attached hydrogens (tertiary/aromatic N) is 2. The first kappa shape index (κ1) is 10.4. The molecule has 0 bridgehead atoms. The van der Waals surface area contributed by atoms with Crippen LogP contribution < -0.4 is 5.32 Å². The van der Waals surface area contributed by atoms with Crippen molar-refractivity contribution in [3.63, 3.8) is 0 Å². The van der Waals surface area contributed by atoms with Crippen molar-refractivity contribution in [3.8, 4) is 0 Å². The number of hydrogen-bond acceptors (Lipinski definition) is 4. The van der Waals surface area contributed by atoms with E-state index in [1.165, 1.54) is 12.8 Å². The summed E-state index contributed by atoms with van der Waals surface area (Å²) in [5, 5.41) is 3.28. The Bertz CT molecular complexity index is 310. The Kier molecular flexibility index (Phi) is 3.50. The van der Waals surface area contributed by atoms with E-state index in [4.69, 9.17) is 4.74 Å². The molecule has 1 aromatic heterocycles. The van der Waals surface area contributed by atoms with Crippen molar-refractivity contribution >= 4 is 5.82 Å². The molecule has 0 aromatic carbocycles. The SMILES string of the molecule is Cc1nccnc1NCC1CCCCO1. The van der Waals surface area contributed by atoms with Gasteiger partial charge in [0, 0.05) is 25.5 Å². The second kappa shape index (κ2) is 5.07. The summed E-state index contributed by atoms with van der Waals surface area (Å²) in [5.74, 6) is 0.867. The molecule has 0 amide bonds. The lowest BCUT2D eigenvalue weighted by atomic mass is 10.1. The standard InChI is InChI=1S/C11H17N3O/c1-9-11(13-6-5-12-9)14-8-10-4-2-3-7-15-10/h5-6,10H,2-4,7-8H2,1H3,(H,13,14). The highest BCUT2D eigenvalue weighted by molar-refractivity contribution is 5.38. The van der Waals surface area contributed by atoms with E-state index in [0.717, 1.165) is 31.1 Å². The van der Waals surface area contributed by atoms with Crippen LogP contribution in [0, 0.1) is 6.92 Å². The third-order valence-corrected chi connectivity index (χ3v) is 2.65. The summed E-state index contributed by atoms with van der Waals surface area (Å²) in [7, 11) is 0. The summed E-state index contributed by atoms with van der Waals surface area (Å²) in [4.78, 5) is 8.41. The Balaban J connectivity index is 1.84. The molecule has 1 N–H and O–H groups in total. The second-order valence-electron chi connectivity index (χ2n) is 3.86. The summed E-state index contributed by atoms with van der Waals surface area (Å²) in [6.07, 6.45) is 7.35. The van der Waals surface area contributed by atoms with Crippen molar-refractivity contribution in [1.29, 1.82) is 0 Å². The zero-order valence-electron chi connectivity index (χ0n) is 9.07. The van der Waals surface area contributed by atoms with Gasteiger partial charge in [0.1, 0.15) is 5.82 Å². The Morgan fingerprint density at radius 1 is 1.40 bits per heavy atom. The number of aryl methyl sites for hydroxylation is 1. The number of nitrogens with one attached hydrogen (secondary N) is 1. The minimum Gasteiger partial charge on any atom is -0.376 e. The van der Waals surface area contributed by atoms with Gasteiger partial charge in [0.25, 0.3) is 0 Å². The van der Waals surface area contributed by atoms with E-state index in [2.05, 4.69) is 15.3 Å². The van der Waals surface area contributed by atoms with Gasteiger partial charge in [-0.3, -0.25) is 4.98 Å². The van der Waals surface area contributed by atoms with E-state index in [0.29, 0.717) is 6.10 Å². The van der Waals surface area contributed by atoms with Gasteiger partial charge >= 0.3 is 0 Å². The van der Waals surface area contributed by atoms with Crippen LogP contribution in [0.4, 0.5) is 5.82 Å².